The minimum atomic E-state index is -3.40. The molecule has 0 spiro atoms. The topological polar surface area (TPSA) is 49.4 Å². The van der Waals surface area contributed by atoms with Gasteiger partial charge in [0, 0.05) is 25.3 Å². The summed E-state index contributed by atoms with van der Waals surface area (Å²) < 4.78 is 27.4. The standard InChI is InChI=1S/C16H24N2O2S/c1-12-5-3-4-6-16(12)18(2)21(19,20)14-8-7-13-9-10-17-15(13)11-14/h7-8,11-12,16-17H,3-6,9-10H2,1-2H3. The van der Waals surface area contributed by atoms with Gasteiger partial charge in [0.1, 0.15) is 0 Å². The van der Waals surface area contributed by atoms with Crippen molar-refractivity contribution in [3.8, 4) is 0 Å². The van der Waals surface area contributed by atoms with Crippen molar-refractivity contribution in [3.63, 3.8) is 0 Å². The van der Waals surface area contributed by atoms with Crippen LogP contribution in [0.15, 0.2) is 23.1 Å². The molecule has 1 aromatic rings. The largest absolute Gasteiger partial charge is 0.384 e. The lowest BCUT2D eigenvalue weighted by Crippen LogP contribution is -2.42. The summed E-state index contributed by atoms with van der Waals surface area (Å²) in [6.07, 6.45) is 5.41. The summed E-state index contributed by atoms with van der Waals surface area (Å²) in [5.41, 5.74) is 2.18. The van der Waals surface area contributed by atoms with E-state index in [1.54, 1.807) is 23.5 Å². The Hall–Kier alpha value is -1.07. The lowest BCUT2D eigenvalue weighted by atomic mass is 9.86. The van der Waals surface area contributed by atoms with Gasteiger partial charge < -0.3 is 5.32 Å². The van der Waals surface area contributed by atoms with E-state index in [1.807, 2.05) is 6.07 Å². The molecular weight excluding hydrogens is 284 g/mol. The molecule has 1 heterocycles. The lowest BCUT2D eigenvalue weighted by molar-refractivity contribution is 0.213. The predicted molar refractivity (Wildman–Crippen MR) is 85.0 cm³/mol. The number of nitrogens with zero attached hydrogens (tertiary/aromatic N) is 1. The predicted octanol–water partition coefficient (Wildman–Crippen LogP) is 2.85. The molecular formula is C16H24N2O2S. The van der Waals surface area contributed by atoms with Crippen LogP contribution in [-0.4, -0.2) is 32.4 Å². The van der Waals surface area contributed by atoms with Crippen molar-refractivity contribution in [1.29, 1.82) is 0 Å². The summed E-state index contributed by atoms with van der Waals surface area (Å²) in [6.45, 7) is 3.06. The summed E-state index contributed by atoms with van der Waals surface area (Å²) in [4.78, 5) is 0.413. The van der Waals surface area contributed by atoms with Gasteiger partial charge in [-0.05, 0) is 42.9 Å². The number of benzene rings is 1. The third kappa shape index (κ3) is 2.69. The first-order chi connectivity index (χ1) is 10.00. The van der Waals surface area contributed by atoms with E-state index in [-0.39, 0.29) is 6.04 Å². The Morgan fingerprint density at radius 1 is 1.24 bits per heavy atom. The molecule has 1 aliphatic carbocycles. The van der Waals surface area contributed by atoms with Gasteiger partial charge in [-0.2, -0.15) is 4.31 Å². The Labute approximate surface area is 127 Å². The number of nitrogens with one attached hydrogen (secondary N) is 1. The Kier molecular flexibility index (Phi) is 3.97. The van der Waals surface area contributed by atoms with Crippen molar-refractivity contribution in [2.75, 3.05) is 18.9 Å². The molecule has 0 saturated heterocycles. The normalized spacial score (nSPS) is 25.7. The highest BCUT2D eigenvalue weighted by atomic mass is 32.2. The van der Waals surface area contributed by atoms with E-state index in [4.69, 9.17) is 0 Å². The van der Waals surface area contributed by atoms with Crippen molar-refractivity contribution < 1.29 is 8.42 Å². The highest BCUT2D eigenvalue weighted by molar-refractivity contribution is 7.89. The summed E-state index contributed by atoms with van der Waals surface area (Å²) in [5.74, 6) is 0.436. The van der Waals surface area contributed by atoms with E-state index in [1.165, 1.54) is 12.0 Å². The quantitative estimate of drug-likeness (QED) is 0.934. The maximum Gasteiger partial charge on any atom is 0.243 e. The summed E-state index contributed by atoms with van der Waals surface area (Å²) >= 11 is 0. The fraction of sp³-hybridized carbons (Fsp3) is 0.625. The molecule has 3 rings (SSSR count). The van der Waals surface area contributed by atoms with E-state index < -0.39 is 10.0 Å². The zero-order valence-electron chi connectivity index (χ0n) is 12.8. The van der Waals surface area contributed by atoms with Crippen molar-refractivity contribution in [2.45, 2.75) is 50.0 Å². The lowest BCUT2D eigenvalue weighted by Gasteiger charge is -2.35. The van der Waals surface area contributed by atoms with Gasteiger partial charge in [0.25, 0.3) is 0 Å². The summed E-state index contributed by atoms with van der Waals surface area (Å²) in [5, 5.41) is 3.26. The van der Waals surface area contributed by atoms with Crippen LogP contribution in [0.25, 0.3) is 0 Å². The fourth-order valence-corrected chi connectivity index (χ4v) is 5.12. The van der Waals surface area contributed by atoms with E-state index in [0.717, 1.165) is 37.9 Å². The molecule has 21 heavy (non-hydrogen) atoms. The SMILES string of the molecule is CC1CCCCC1N(C)S(=O)(=O)c1ccc2c(c1)NCC2. The number of fused-ring (bicyclic) bond motifs is 1. The van der Waals surface area contributed by atoms with Gasteiger partial charge in [-0.15, -0.1) is 0 Å². The average Bonchev–Trinajstić information content (AvgIpc) is 2.94. The first-order valence-electron chi connectivity index (χ1n) is 7.85. The molecule has 0 radical (unpaired) electrons. The van der Waals surface area contributed by atoms with Crippen LogP contribution in [0.2, 0.25) is 0 Å². The molecule has 1 fully saturated rings. The van der Waals surface area contributed by atoms with Crippen LogP contribution in [0.3, 0.4) is 0 Å². The summed E-state index contributed by atoms with van der Waals surface area (Å²) in [7, 11) is -1.66. The number of anilines is 1. The van der Waals surface area contributed by atoms with Gasteiger partial charge in [-0.3, -0.25) is 0 Å². The maximum atomic E-state index is 12.9. The van der Waals surface area contributed by atoms with Gasteiger partial charge in [0.15, 0.2) is 0 Å². The third-order valence-electron chi connectivity index (χ3n) is 5.00. The zero-order chi connectivity index (χ0) is 15.0. The minimum absolute atomic E-state index is 0.130. The van der Waals surface area contributed by atoms with Crippen molar-refractivity contribution in [1.82, 2.24) is 4.31 Å². The average molecular weight is 308 g/mol. The molecule has 1 saturated carbocycles. The van der Waals surface area contributed by atoms with Crippen LogP contribution >= 0.6 is 0 Å². The minimum Gasteiger partial charge on any atom is -0.384 e. The van der Waals surface area contributed by atoms with Gasteiger partial charge in [-0.25, -0.2) is 8.42 Å². The van der Waals surface area contributed by atoms with Gasteiger partial charge in [-0.1, -0.05) is 25.8 Å². The first-order valence-corrected chi connectivity index (χ1v) is 9.29. The molecule has 1 N–H and O–H groups in total. The molecule has 0 aromatic heterocycles. The second kappa shape index (κ2) is 5.61. The molecule has 116 valence electrons. The number of hydrogen-bond acceptors (Lipinski definition) is 3. The van der Waals surface area contributed by atoms with Crippen LogP contribution in [0, 0.1) is 5.92 Å². The highest BCUT2D eigenvalue weighted by Crippen LogP contribution is 2.32. The van der Waals surface area contributed by atoms with Gasteiger partial charge in [0.05, 0.1) is 4.90 Å². The van der Waals surface area contributed by atoms with Crippen LogP contribution in [0.4, 0.5) is 5.69 Å². The third-order valence-corrected chi connectivity index (χ3v) is 6.88. The molecule has 1 aliphatic heterocycles. The number of sulfonamides is 1. The molecule has 2 aliphatic rings. The Bertz CT molecular complexity index is 627. The summed E-state index contributed by atoms with van der Waals surface area (Å²) in [6, 6.07) is 5.62. The van der Waals surface area contributed by atoms with Crippen molar-refractivity contribution in [2.24, 2.45) is 5.92 Å². The van der Waals surface area contributed by atoms with Crippen LogP contribution in [0.1, 0.15) is 38.2 Å². The molecule has 4 nitrogen and oxygen atoms in total. The molecule has 2 atom stereocenters. The van der Waals surface area contributed by atoms with Crippen molar-refractivity contribution in [3.05, 3.63) is 23.8 Å². The van der Waals surface area contributed by atoms with Crippen LogP contribution < -0.4 is 5.32 Å². The number of hydrogen-bond donors (Lipinski definition) is 1. The maximum absolute atomic E-state index is 12.9. The van der Waals surface area contributed by atoms with Crippen molar-refractivity contribution >= 4 is 15.7 Å². The van der Waals surface area contributed by atoms with E-state index in [9.17, 15) is 8.42 Å². The Morgan fingerprint density at radius 2 is 2.00 bits per heavy atom. The zero-order valence-corrected chi connectivity index (χ0v) is 13.6. The second-order valence-corrected chi connectivity index (χ2v) is 8.34. The van der Waals surface area contributed by atoms with Gasteiger partial charge >= 0.3 is 0 Å². The second-order valence-electron chi connectivity index (χ2n) is 6.35. The van der Waals surface area contributed by atoms with E-state index in [0.29, 0.717) is 10.8 Å². The Balaban J connectivity index is 1.89. The smallest absolute Gasteiger partial charge is 0.243 e. The first kappa shape index (κ1) is 14.9. The molecule has 5 heteroatoms. The van der Waals surface area contributed by atoms with E-state index >= 15 is 0 Å². The van der Waals surface area contributed by atoms with Crippen LogP contribution in [0.5, 0.6) is 0 Å². The molecule has 2 unspecified atom stereocenters. The monoisotopic (exact) mass is 308 g/mol. The molecule has 1 aromatic carbocycles. The van der Waals surface area contributed by atoms with E-state index in [2.05, 4.69) is 12.2 Å². The fourth-order valence-electron chi connectivity index (χ4n) is 3.61. The van der Waals surface area contributed by atoms with Gasteiger partial charge in [0.2, 0.25) is 10.0 Å². The highest BCUT2D eigenvalue weighted by Gasteiger charge is 2.33. The Morgan fingerprint density at radius 3 is 2.76 bits per heavy atom. The molecule has 0 bridgehead atoms. The number of rotatable bonds is 3. The van der Waals surface area contributed by atoms with Crippen LogP contribution in [-0.2, 0) is 16.4 Å². The molecule has 0 amide bonds.